The Morgan fingerprint density at radius 3 is 2.80 bits per heavy atom. The maximum Gasteiger partial charge on any atom is 0.341 e. The number of carbonyl (C=O) groups excluding carboxylic acids is 2. The SMILES string of the molecule is COC(=O)c1c(Cl)ncc(Cl)c1CC=O. The standard InChI is InChI=1S/C9H7Cl2NO3/c1-15-9(14)7-5(2-3-13)6(10)4-12-8(7)11/h3-4H,2H2,1H3. The highest BCUT2D eigenvalue weighted by molar-refractivity contribution is 6.35. The van der Waals surface area contributed by atoms with E-state index in [1.165, 1.54) is 13.3 Å². The van der Waals surface area contributed by atoms with E-state index in [0.29, 0.717) is 11.8 Å². The Bertz CT molecular complexity index is 407. The number of nitrogens with zero attached hydrogens (tertiary/aromatic N) is 1. The Morgan fingerprint density at radius 2 is 2.27 bits per heavy atom. The molecule has 0 spiro atoms. The first-order valence-electron chi connectivity index (χ1n) is 3.96. The normalized spacial score (nSPS) is 9.80. The fourth-order valence-corrected chi connectivity index (χ4v) is 1.55. The molecule has 15 heavy (non-hydrogen) atoms. The molecule has 0 atom stereocenters. The average molecular weight is 248 g/mol. The molecule has 0 aromatic carbocycles. The number of halogens is 2. The smallest absolute Gasteiger partial charge is 0.341 e. The molecule has 1 heterocycles. The minimum Gasteiger partial charge on any atom is -0.465 e. The van der Waals surface area contributed by atoms with Crippen LogP contribution in [0.5, 0.6) is 0 Å². The molecule has 1 aromatic heterocycles. The molecular weight excluding hydrogens is 241 g/mol. The van der Waals surface area contributed by atoms with Crippen molar-refractivity contribution in [1.29, 1.82) is 0 Å². The lowest BCUT2D eigenvalue weighted by molar-refractivity contribution is -0.107. The Labute approximate surface area is 96.2 Å². The molecule has 1 aromatic rings. The summed E-state index contributed by atoms with van der Waals surface area (Å²) >= 11 is 11.5. The number of methoxy groups -OCH3 is 1. The molecule has 80 valence electrons. The van der Waals surface area contributed by atoms with Crippen molar-refractivity contribution in [1.82, 2.24) is 4.98 Å². The molecule has 0 unspecified atom stereocenters. The molecule has 0 saturated carbocycles. The van der Waals surface area contributed by atoms with Crippen molar-refractivity contribution < 1.29 is 14.3 Å². The van der Waals surface area contributed by atoms with E-state index in [4.69, 9.17) is 23.2 Å². The van der Waals surface area contributed by atoms with Crippen LogP contribution in [0.1, 0.15) is 15.9 Å². The molecule has 0 bridgehead atoms. The van der Waals surface area contributed by atoms with Gasteiger partial charge in [-0.1, -0.05) is 23.2 Å². The monoisotopic (exact) mass is 247 g/mol. The number of hydrogen-bond acceptors (Lipinski definition) is 4. The second kappa shape index (κ2) is 5.09. The molecule has 0 amide bonds. The van der Waals surface area contributed by atoms with Crippen molar-refractivity contribution in [3.63, 3.8) is 0 Å². The van der Waals surface area contributed by atoms with Crippen molar-refractivity contribution in [2.75, 3.05) is 7.11 Å². The Hall–Kier alpha value is -1.13. The van der Waals surface area contributed by atoms with E-state index in [9.17, 15) is 9.59 Å². The molecule has 0 aliphatic carbocycles. The van der Waals surface area contributed by atoms with Crippen LogP contribution in [0, 0.1) is 0 Å². The van der Waals surface area contributed by atoms with Gasteiger partial charge in [0.2, 0.25) is 0 Å². The minimum atomic E-state index is -0.660. The van der Waals surface area contributed by atoms with Gasteiger partial charge in [-0.15, -0.1) is 0 Å². The van der Waals surface area contributed by atoms with Gasteiger partial charge in [0.05, 0.1) is 12.1 Å². The van der Waals surface area contributed by atoms with Crippen molar-refractivity contribution >= 4 is 35.5 Å². The third kappa shape index (κ3) is 2.46. The number of esters is 1. The quantitative estimate of drug-likeness (QED) is 0.465. The molecule has 0 aliphatic rings. The molecular formula is C9H7Cl2NO3. The Kier molecular flexibility index (Phi) is 4.05. The second-order valence-electron chi connectivity index (χ2n) is 2.61. The van der Waals surface area contributed by atoms with E-state index in [-0.39, 0.29) is 22.2 Å². The van der Waals surface area contributed by atoms with E-state index in [2.05, 4.69) is 9.72 Å². The van der Waals surface area contributed by atoms with Gasteiger partial charge in [0, 0.05) is 12.6 Å². The summed E-state index contributed by atoms with van der Waals surface area (Å²) in [6, 6.07) is 0. The van der Waals surface area contributed by atoms with E-state index >= 15 is 0 Å². The number of carbonyl (C=O) groups is 2. The molecule has 0 N–H and O–H groups in total. The molecule has 0 saturated heterocycles. The first-order chi connectivity index (χ1) is 7.11. The molecule has 0 fully saturated rings. The first kappa shape index (κ1) is 11.9. The summed E-state index contributed by atoms with van der Waals surface area (Å²) in [5, 5.41) is 0.190. The highest BCUT2D eigenvalue weighted by Crippen LogP contribution is 2.25. The van der Waals surface area contributed by atoms with Crippen LogP contribution in [0.2, 0.25) is 10.2 Å². The van der Waals surface area contributed by atoms with Gasteiger partial charge in [-0.25, -0.2) is 9.78 Å². The number of aromatic nitrogens is 1. The Balaban J connectivity index is 3.37. The van der Waals surface area contributed by atoms with Gasteiger partial charge in [0.15, 0.2) is 0 Å². The highest BCUT2D eigenvalue weighted by atomic mass is 35.5. The average Bonchev–Trinajstić information content (AvgIpc) is 2.23. The predicted octanol–water partition coefficient (Wildman–Crippen LogP) is 1.92. The largest absolute Gasteiger partial charge is 0.465 e. The number of rotatable bonds is 3. The zero-order valence-corrected chi connectivity index (χ0v) is 9.30. The van der Waals surface area contributed by atoms with Gasteiger partial charge in [0.1, 0.15) is 17.0 Å². The van der Waals surface area contributed by atoms with Crippen LogP contribution < -0.4 is 0 Å². The number of hydrogen-bond donors (Lipinski definition) is 0. The molecule has 0 radical (unpaired) electrons. The van der Waals surface area contributed by atoms with E-state index in [1.54, 1.807) is 0 Å². The minimum absolute atomic E-state index is 0.00843. The van der Waals surface area contributed by atoms with Gasteiger partial charge in [-0.3, -0.25) is 0 Å². The zero-order valence-electron chi connectivity index (χ0n) is 7.79. The second-order valence-corrected chi connectivity index (χ2v) is 3.38. The van der Waals surface area contributed by atoms with Crippen LogP contribution >= 0.6 is 23.2 Å². The molecule has 4 nitrogen and oxygen atoms in total. The first-order valence-corrected chi connectivity index (χ1v) is 4.72. The van der Waals surface area contributed by atoms with Crippen LogP contribution in [0.25, 0.3) is 0 Å². The topological polar surface area (TPSA) is 56.3 Å². The maximum atomic E-state index is 11.4. The third-order valence-corrected chi connectivity index (χ3v) is 2.38. The third-order valence-electron chi connectivity index (χ3n) is 1.76. The molecule has 1 rings (SSSR count). The predicted molar refractivity (Wildman–Crippen MR) is 55.4 cm³/mol. The van der Waals surface area contributed by atoms with E-state index < -0.39 is 5.97 Å². The van der Waals surface area contributed by atoms with Gasteiger partial charge in [0.25, 0.3) is 0 Å². The van der Waals surface area contributed by atoms with Crippen LogP contribution in [-0.2, 0) is 16.0 Å². The number of pyridine rings is 1. The molecule has 0 aliphatic heterocycles. The number of aldehydes is 1. The summed E-state index contributed by atoms with van der Waals surface area (Å²) in [7, 11) is 1.21. The zero-order chi connectivity index (χ0) is 11.4. The summed E-state index contributed by atoms with van der Waals surface area (Å²) in [6.45, 7) is 0. The van der Waals surface area contributed by atoms with Crippen LogP contribution in [0.3, 0.4) is 0 Å². The summed E-state index contributed by atoms with van der Waals surface area (Å²) < 4.78 is 4.52. The summed E-state index contributed by atoms with van der Waals surface area (Å²) in [6.07, 6.45) is 1.91. The maximum absolute atomic E-state index is 11.4. The lowest BCUT2D eigenvalue weighted by Crippen LogP contribution is -2.09. The Morgan fingerprint density at radius 1 is 1.60 bits per heavy atom. The number of ether oxygens (including phenoxy) is 1. The van der Waals surface area contributed by atoms with Crippen molar-refractivity contribution in [2.24, 2.45) is 0 Å². The van der Waals surface area contributed by atoms with Gasteiger partial charge in [-0.2, -0.15) is 0 Å². The van der Waals surface area contributed by atoms with Crippen LogP contribution in [-0.4, -0.2) is 24.3 Å². The summed E-state index contributed by atoms with van der Waals surface area (Å²) in [5.41, 5.74) is 0.372. The van der Waals surface area contributed by atoms with Gasteiger partial charge in [-0.05, 0) is 5.56 Å². The lowest BCUT2D eigenvalue weighted by Gasteiger charge is -2.08. The fraction of sp³-hybridized carbons (Fsp3) is 0.222. The summed E-state index contributed by atoms with van der Waals surface area (Å²) in [4.78, 5) is 25.5. The fourth-order valence-electron chi connectivity index (χ4n) is 1.09. The highest BCUT2D eigenvalue weighted by Gasteiger charge is 2.19. The van der Waals surface area contributed by atoms with Gasteiger partial charge < -0.3 is 9.53 Å². The van der Waals surface area contributed by atoms with Crippen LogP contribution in [0.4, 0.5) is 0 Å². The summed E-state index contributed by atoms with van der Waals surface area (Å²) in [5.74, 6) is -0.660. The van der Waals surface area contributed by atoms with Crippen LogP contribution in [0.15, 0.2) is 6.20 Å². The van der Waals surface area contributed by atoms with Crippen molar-refractivity contribution in [2.45, 2.75) is 6.42 Å². The lowest BCUT2D eigenvalue weighted by atomic mass is 10.1. The van der Waals surface area contributed by atoms with E-state index in [0.717, 1.165) is 0 Å². The van der Waals surface area contributed by atoms with E-state index in [1.807, 2.05) is 0 Å². The van der Waals surface area contributed by atoms with Crippen molar-refractivity contribution in [3.8, 4) is 0 Å². The van der Waals surface area contributed by atoms with Gasteiger partial charge >= 0.3 is 5.97 Å². The molecule has 6 heteroatoms. The van der Waals surface area contributed by atoms with Crippen molar-refractivity contribution in [3.05, 3.63) is 27.5 Å².